The number of aromatic hydroxyl groups is 1. The first-order valence-electron chi connectivity index (χ1n) is 6.95. The monoisotopic (exact) mass is 293 g/mol. The van der Waals surface area contributed by atoms with Gasteiger partial charge in [-0.3, -0.25) is 9.78 Å². The predicted molar refractivity (Wildman–Crippen MR) is 83.5 cm³/mol. The standard InChI is InChI=1S/C17H15N3O2/c1-11(12-6-3-2-4-7-12)20-17(22)15-16(21)14-13(10-19-15)8-5-9-18-14/h2-11,21H,1H3,(H,20,22)/t11-/m1/s1. The lowest BCUT2D eigenvalue weighted by molar-refractivity contribution is 0.0932. The van der Waals surface area contributed by atoms with Crippen LogP contribution in [0.5, 0.6) is 5.75 Å². The smallest absolute Gasteiger partial charge is 0.274 e. The van der Waals surface area contributed by atoms with Gasteiger partial charge in [0.25, 0.3) is 5.91 Å². The molecular formula is C17H15N3O2. The molecule has 0 radical (unpaired) electrons. The normalized spacial score (nSPS) is 12.0. The minimum absolute atomic E-state index is 0.0195. The molecule has 110 valence electrons. The number of hydrogen-bond donors (Lipinski definition) is 2. The number of aromatic nitrogens is 2. The largest absolute Gasteiger partial charge is 0.504 e. The summed E-state index contributed by atoms with van der Waals surface area (Å²) in [6.45, 7) is 1.88. The Balaban J connectivity index is 1.88. The molecule has 0 bridgehead atoms. The third kappa shape index (κ3) is 2.61. The summed E-state index contributed by atoms with van der Waals surface area (Å²) in [6, 6.07) is 12.9. The summed E-state index contributed by atoms with van der Waals surface area (Å²) in [6.07, 6.45) is 3.10. The second-order valence-corrected chi connectivity index (χ2v) is 5.00. The average Bonchev–Trinajstić information content (AvgIpc) is 2.56. The number of benzene rings is 1. The molecule has 2 aromatic heterocycles. The summed E-state index contributed by atoms with van der Waals surface area (Å²) < 4.78 is 0. The van der Waals surface area contributed by atoms with Crippen molar-refractivity contribution in [2.75, 3.05) is 0 Å². The van der Waals surface area contributed by atoms with Crippen LogP contribution in [0.1, 0.15) is 29.0 Å². The number of hydrogen-bond acceptors (Lipinski definition) is 4. The van der Waals surface area contributed by atoms with Crippen molar-refractivity contribution in [3.63, 3.8) is 0 Å². The van der Waals surface area contributed by atoms with Crippen LogP contribution in [0.2, 0.25) is 0 Å². The molecule has 0 saturated carbocycles. The van der Waals surface area contributed by atoms with Crippen molar-refractivity contribution in [2.45, 2.75) is 13.0 Å². The maximum atomic E-state index is 12.3. The van der Waals surface area contributed by atoms with E-state index in [4.69, 9.17) is 0 Å². The van der Waals surface area contributed by atoms with Gasteiger partial charge in [0.15, 0.2) is 11.4 Å². The van der Waals surface area contributed by atoms with Gasteiger partial charge in [0.1, 0.15) is 5.52 Å². The fourth-order valence-electron chi connectivity index (χ4n) is 2.28. The van der Waals surface area contributed by atoms with Gasteiger partial charge in [-0.15, -0.1) is 0 Å². The van der Waals surface area contributed by atoms with Gasteiger partial charge in [0.05, 0.1) is 6.04 Å². The van der Waals surface area contributed by atoms with Crippen molar-refractivity contribution in [1.82, 2.24) is 15.3 Å². The zero-order valence-electron chi connectivity index (χ0n) is 12.0. The van der Waals surface area contributed by atoms with E-state index >= 15 is 0 Å². The van der Waals surface area contributed by atoms with E-state index in [2.05, 4.69) is 15.3 Å². The summed E-state index contributed by atoms with van der Waals surface area (Å²) in [4.78, 5) is 20.5. The predicted octanol–water partition coefficient (Wildman–Crippen LogP) is 2.83. The van der Waals surface area contributed by atoms with Crippen LogP contribution in [0, 0.1) is 0 Å². The highest BCUT2D eigenvalue weighted by Gasteiger charge is 2.18. The average molecular weight is 293 g/mol. The van der Waals surface area contributed by atoms with Crippen molar-refractivity contribution in [1.29, 1.82) is 0 Å². The number of nitrogens with zero attached hydrogens (tertiary/aromatic N) is 2. The fraction of sp³-hybridized carbons (Fsp3) is 0.118. The lowest BCUT2D eigenvalue weighted by Crippen LogP contribution is -2.27. The minimum Gasteiger partial charge on any atom is -0.504 e. The molecule has 3 rings (SSSR count). The van der Waals surface area contributed by atoms with Gasteiger partial charge in [-0.2, -0.15) is 0 Å². The van der Waals surface area contributed by atoms with Crippen LogP contribution in [0.25, 0.3) is 10.9 Å². The van der Waals surface area contributed by atoms with Crippen molar-refractivity contribution in [3.8, 4) is 5.75 Å². The molecule has 2 N–H and O–H groups in total. The Morgan fingerprint density at radius 2 is 1.91 bits per heavy atom. The van der Waals surface area contributed by atoms with Crippen molar-refractivity contribution >= 4 is 16.8 Å². The van der Waals surface area contributed by atoms with Gasteiger partial charge < -0.3 is 10.4 Å². The fourth-order valence-corrected chi connectivity index (χ4v) is 2.28. The summed E-state index contributed by atoms with van der Waals surface area (Å²) in [5.41, 5.74) is 1.33. The van der Waals surface area contributed by atoms with Gasteiger partial charge in [0, 0.05) is 17.8 Å². The maximum Gasteiger partial charge on any atom is 0.274 e. The van der Waals surface area contributed by atoms with Crippen LogP contribution < -0.4 is 5.32 Å². The molecule has 0 saturated heterocycles. The Labute approximate surface area is 127 Å². The highest BCUT2D eigenvalue weighted by atomic mass is 16.3. The van der Waals surface area contributed by atoms with E-state index < -0.39 is 5.91 Å². The first kappa shape index (κ1) is 14.0. The molecule has 0 unspecified atom stereocenters. The molecule has 5 nitrogen and oxygen atoms in total. The summed E-state index contributed by atoms with van der Waals surface area (Å²) in [7, 11) is 0. The molecule has 1 atom stereocenters. The Bertz CT molecular complexity index is 819. The van der Waals surface area contributed by atoms with E-state index in [1.54, 1.807) is 18.3 Å². The second kappa shape index (κ2) is 5.81. The minimum atomic E-state index is -0.429. The third-order valence-electron chi connectivity index (χ3n) is 3.48. The number of amides is 1. The maximum absolute atomic E-state index is 12.3. The van der Waals surface area contributed by atoms with E-state index in [0.29, 0.717) is 10.9 Å². The van der Waals surface area contributed by atoms with Crippen LogP contribution in [0.4, 0.5) is 0 Å². The molecule has 0 aliphatic heterocycles. The summed E-state index contributed by atoms with van der Waals surface area (Å²) in [5, 5.41) is 13.7. The van der Waals surface area contributed by atoms with Gasteiger partial charge in [-0.05, 0) is 24.6 Å². The quantitative estimate of drug-likeness (QED) is 0.778. The molecule has 1 aromatic carbocycles. The van der Waals surface area contributed by atoms with Crippen LogP contribution >= 0.6 is 0 Å². The first-order valence-corrected chi connectivity index (χ1v) is 6.95. The molecule has 22 heavy (non-hydrogen) atoms. The first-order chi connectivity index (χ1) is 10.7. The number of pyridine rings is 2. The molecule has 0 spiro atoms. The van der Waals surface area contributed by atoms with E-state index in [1.807, 2.05) is 37.3 Å². The molecule has 0 fully saturated rings. The Kier molecular flexibility index (Phi) is 3.70. The topological polar surface area (TPSA) is 75.1 Å². The SMILES string of the molecule is C[C@@H](NC(=O)c1ncc2cccnc2c1O)c1ccccc1. The zero-order valence-corrected chi connectivity index (χ0v) is 12.0. The molecular weight excluding hydrogens is 278 g/mol. The molecule has 2 heterocycles. The van der Waals surface area contributed by atoms with E-state index in [0.717, 1.165) is 5.56 Å². The number of nitrogens with one attached hydrogen (secondary N) is 1. The van der Waals surface area contributed by atoms with Gasteiger partial charge in [-0.25, -0.2) is 4.98 Å². The lowest BCUT2D eigenvalue weighted by atomic mass is 10.1. The number of carbonyl (C=O) groups excluding carboxylic acids is 1. The zero-order chi connectivity index (χ0) is 15.5. The van der Waals surface area contributed by atoms with Crippen LogP contribution in [-0.4, -0.2) is 21.0 Å². The number of carbonyl (C=O) groups is 1. The lowest BCUT2D eigenvalue weighted by Gasteiger charge is -2.14. The highest BCUT2D eigenvalue weighted by Crippen LogP contribution is 2.25. The van der Waals surface area contributed by atoms with Crippen molar-refractivity contribution < 1.29 is 9.90 Å². The molecule has 0 aliphatic carbocycles. The number of fused-ring (bicyclic) bond motifs is 1. The third-order valence-corrected chi connectivity index (χ3v) is 3.48. The highest BCUT2D eigenvalue weighted by molar-refractivity contribution is 6.00. The Morgan fingerprint density at radius 1 is 1.14 bits per heavy atom. The van der Waals surface area contributed by atoms with Crippen LogP contribution in [0.15, 0.2) is 54.9 Å². The molecule has 5 heteroatoms. The van der Waals surface area contributed by atoms with E-state index in [9.17, 15) is 9.90 Å². The van der Waals surface area contributed by atoms with Crippen LogP contribution in [0.3, 0.4) is 0 Å². The second-order valence-electron chi connectivity index (χ2n) is 5.00. The van der Waals surface area contributed by atoms with Gasteiger partial charge >= 0.3 is 0 Å². The van der Waals surface area contributed by atoms with Crippen molar-refractivity contribution in [2.24, 2.45) is 0 Å². The molecule has 0 aliphatic rings. The van der Waals surface area contributed by atoms with E-state index in [-0.39, 0.29) is 17.5 Å². The summed E-state index contributed by atoms with van der Waals surface area (Å²) in [5.74, 6) is -0.628. The number of rotatable bonds is 3. The molecule has 1 amide bonds. The summed E-state index contributed by atoms with van der Waals surface area (Å²) >= 11 is 0. The Hall–Kier alpha value is -2.95. The van der Waals surface area contributed by atoms with Gasteiger partial charge in [0.2, 0.25) is 0 Å². The van der Waals surface area contributed by atoms with Crippen LogP contribution in [-0.2, 0) is 0 Å². The van der Waals surface area contributed by atoms with E-state index in [1.165, 1.54) is 6.20 Å². The van der Waals surface area contributed by atoms with Crippen molar-refractivity contribution in [3.05, 3.63) is 66.1 Å². The molecule has 3 aromatic rings. The Morgan fingerprint density at radius 3 is 2.68 bits per heavy atom. The van der Waals surface area contributed by atoms with Gasteiger partial charge in [-0.1, -0.05) is 30.3 Å².